The Hall–Kier alpha value is -4.90. The van der Waals surface area contributed by atoms with E-state index in [-0.39, 0.29) is 33.7 Å². The monoisotopic (exact) mass is 678 g/mol. The van der Waals surface area contributed by atoms with Gasteiger partial charge in [-0.1, -0.05) is 23.9 Å². The van der Waals surface area contributed by atoms with Crippen LogP contribution >= 0.6 is 11.8 Å². The molecule has 0 bridgehead atoms. The first-order valence-electron chi connectivity index (χ1n) is 13.6. The summed E-state index contributed by atoms with van der Waals surface area (Å²) in [6.45, 7) is 3.35. The van der Waals surface area contributed by atoms with Gasteiger partial charge in [0.25, 0.3) is 0 Å². The first kappa shape index (κ1) is 33.5. The number of halogens is 6. The van der Waals surface area contributed by atoms with E-state index in [1.165, 1.54) is 41.3 Å². The average Bonchev–Trinajstić information content (AvgIpc) is 3.61. The summed E-state index contributed by atoms with van der Waals surface area (Å²) in [6.07, 6.45) is -10.5. The van der Waals surface area contributed by atoms with Crippen LogP contribution in [-0.2, 0) is 9.53 Å². The van der Waals surface area contributed by atoms with Gasteiger partial charge in [-0.25, -0.2) is 14.5 Å². The number of nitrogens with one attached hydrogen (secondary N) is 1. The highest BCUT2D eigenvalue weighted by Crippen LogP contribution is 2.42. The second-order valence-corrected chi connectivity index (χ2v) is 11.1. The predicted octanol–water partition coefficient (Wildman–Crippen LogP) is 7.37. The van der Waals surface area contributed by atoms with E-state index in [2.05, 4.69) is 25.1 Å². The number of carbonyl (C=O) groups excluding carboxylic acids is 2. The van der Waals surface area contributed by atoms with Gasteiger partial charge in [0.15, 0.2) is 17.1 Å². The number of hydrogen-bond donors (Lipinski definition) is 1. The molecule has 47 heavy (non-hydrogen) atoms. The smallest absolute Gasteiger partial charge is 0.406 e. The van der Waals surface area contributed by atoms with Crippen LogP contribution in [-0.4, -0.2) is 57.3 Å². The maximum Gasteiger partial charge on any atom is 0.573 e. The summed E-state index contributed by atoms with van der Waals surface area (Å²) >= 11 is 0.909. The fourth-order valence-corrected chi connectivity index (χ4v) is 5.53. The first-order chi connectivity index (χ1) is 22.1. The van der Waals surface area contributed by atoms with Crippen LogP contribution in [0.4, 0.5) is 42.5 Å². The summed E-state index contributed by atoms with van der Waals surface area (Å²) in [7, 11) is 0.916. The minimum atomic E-state index is -4.81. The Morgan fingerprint density at radius 3 is 2.38 bits per heavy atom. The Balaban J connectivity index is 1.33. The number of amides is 3. The van der Waals surface area contributed by atoms with Gasteiger partial charge >= 0.3 is 18.6 Å². The van der Waals surface area contributed by atoms with Crippen LogP contribution < -0.4 is 15.0 Å². The van der Waals surface area contributed by atoms with Crippen LogP contribution in [0.3, 0.4) is 0 Å². The van der Waals surface area contributed by atoms with Gasteiger partial charge in [-0.3, -0.25) is 9.69 Å². The summed E-state index contributed by atoms with van der Waals surface area (Å²) in [6, 6.07) is 13.2. The number of alkyl halides is 6. The molecule has 1 aliphatic heterocycles. The van der Waals surface area contributed by atoms with Crippen molar-refractivity contribution in [1.29, 1.82) is 0 Å². The fraction of sp³-hybridized carbons (Fsp3) is 0.233. The SMILES string of the molecule is COC(c1ccc(C)cc1N1C(=O)CSC1=NC(=O)Nc1ccc(-n2cnc(-c3ccc(OC(F)(F)F)cc3)n2)cc1C)C(F)(F)F. The Kier molecular flexibility index (Phi) is 9.31. The molecule has 1 aliphatic rings. The summed E-state index contributed by atoms with van der Waals surface area (Å²) in [5, 5.41) is 6.88. The van der Waals surface area contributed by atoms with E-state index in [0.29, 0.717) is 28.1 Å². The Morgan fingerprint density at radius 1 is 1.02 bits per heavy atom. The lowest BCUT2D eigenvalue weighted by Crippen LogP contribution is -2.33. The third kappa shape index (κ3) is 7.74. The van der Waals surface area contributed by atoms with Gasteiger partial charge in [-0.05, 0) is 73.5 Å². The molecule has 5 rings (SSSR count). The summed E-state index contributed by atoms with van der Waals surface area (Å²) in [5.74, 6) is -0.830. The molecule has 246 valence electrons. The van der Waals surface area contributed by atoms with Crippen LogP contribution in [0.15, 0.2) is 72.0 Å². The van der Waals surface area contributed by atoms with Crippen molar-refractivity contribution in [2.45, 2.75) is 32.5 Å². The minimum Gasteiger partial charge on any atom is -0.406 e. The molecule has 3 amide bonds. The number of thioether (sulfide) groups is 1. The van der Waals surface area contributed by atoms with Crippen molar-refractivity contribution in [3.8, 4) is 22.8 Å². The van der Waals surface area contributed by atoms with Crippen molar-refractivity contribution in [1.82, 2.24) is 14.8 Å². The number of aliphatic imine (C=N–C) groups is 1. The zero-order valence-corrected chi connectivity index (χ0v) is 25.5. The van der Waals surface area contributed by atoms with Gasteiger partial charge in [-0.2, -0.15) is 18.2 Å². The van der Waals surface area contributed by atoms with E-state index in [1.54, 1.807) is 32.0 Å². The second kappa shape index (κ2) is 13.1. The Morgan fingerprint density at radius 2 is 1.74 bits per heavy atom. The highest BCUT2D eigenvalue weighted by Gasteiger charge is 2.44. The number of nitrogens with zero attached hydrogens (tertiary/aromatic N) is 5. The highest BCUT2D eigenvalue weighted by molar-refractivity contribution is 8.15. The van der Waals surface area contributed by atoms with Crippen molar-refractivity contribution in [3.05, 3.63) is 83.7 Å². The third-order valence-corrected chi connectivity index (χ3v) is 7.68. The zero-order valence-electron chi connectivity index (χ0n) is 24.7. The molecule has 2 heterocycles. The number of carbonyl (C=O) groups is 2. The maximum absolute atomic E-state index is 13.8. The van der Waals surface area contributed by atoms with Crippen LogP contribution in [0.25, 0.3) is 17.1 Å². The lowest BCUT2D eigenvalue weighted by Gasteiger charge is -2.26. The second-order valence-electron chi connectivity index (χ2n) is 10.1. The van der Waals surface area contributed by atoms with E-state index in [0.717, 1.165) is 35.9 Å². The first-order valence-corrected chi connectivity index (χ1v) is 14.6. The lowest BCUT2D eigenvalue weighted by molar-refractivity contribution is -0.274. The third-order valence-electron chi connectivity index (χ3n) is 6.76. The van der Waals surface area contributed by atoms with Crippen molar-refractivity contribution in [3.63, 3.8) is 0 Å². The highest BCUT2D eigenvalue weighted by atomic mass is 32.2. The predicted molar refractivity (Wildman–Crippen MR) is 162 cm³/mol. The van der Waals surface area contributed by atoms with Crippen LogP contribution in [0, 0.1) is 13.8 Å². The molecule has 0 saturated carbocycles. The van der Waals surface area contributed by atoms with E-state index >= 15 is 0 Å². The van der Waals surface area contributed by atoms with E-state index in [1.807, 2.05) is 0 Å². The van der Waals surface area contributed by atoms with Gasteiger partial charge in [0.1, 0.15) is 12.1 Å². The number of hydrogen-bond acceptors (Lipinski definition) is 7. The molecular weight excluding hydrogens is 654 g/mol. The van der Waals surface area contributed by atoms with Crippen LogP contribution in [0.5, 0.6) is 5.75 Å². The van der Waals surface area contributed by atoms with Crippen molar-refractivity contribution in [2.75, 3.05) is 23.1 Å². The molecule has 3 aromatic carbocycles. The number of methoxy groups -OCH3 is 1. The normalized spacial score (nSPS) is 15.3. The number of amidine groups is 1. The van der Waals surface area contributed by atoms with Gasteiger partial charge in [-0.15, -0.1) is 18.3 Å². The van der Waals surface area contributed by atoms with E-state index < -0.39 is 30.6 Å². The minimum absolute atomic E-state index is 0.0888. The number of ether oxygens (including phenoxy) is 2. The molecule has 0 radical (unpaired) electrons. The summed E-state index contributed by atoms with van der Waals surface area (Å²) in [5.41, 5.74) is 2.14. The standard InChI is InChI=1S/C30H24F6N6O4S/c1-16-4-10-21(25(45-3)29(31,32)33)23(12-16)42-24(43)14-47-28(42)39-27(44)38-22-11-7-19(13-17(22)2)41-15-37-26(40-41)18-5-8-20(9-6-18)46-30(34,35)36/h4-13,15,25H,14H2,1-3H3,(H,38,44). The van der Waals surface area contributed by atoms with Crippen molar-refractivity contribution in [2.24, 2.45) is 4.99 Å². The molecule has 1 unspecified atom stereocenters. The van der Waals surface area contributed by atoms with E-state index in [9.17, 15) is 35.9 Å². The van der Waals surface area contributed by atoms with Crippen molar-refractivity contribution < 1.29 is 45.4 Å². The van der Waals surface area contributed by atoms with Crippen LogP contribution in [0.2, 0.25) is 0 Å². The number of urea groups is 1. The maximum atomic E-state index is 13.8. The molecular formula is C30H24F6N6O4S. The molecule has 1 N–H and O–H groups in total. The lowest BCUT2D eigenvalue weighted by atomic mass is 10.0. The van der Waals surface area contributed by atoms with E-state index in [4.69, 9.17) is 4.74 Å². The molecule has 1 fully saturated rings. The Bertz CT molecular complexity index is 1840. The molecule has 0 aliphatic carbocycles. The van der Waals surface area contributed by atoms with Crippen molar-refractivity contribution >= 4 is 40.2 Å². The number of aromatic nitrogens is 3. The topological polar surface area (TPSA) is 111 Å². The average molecular weight is 679 g/mol. The Labute approximate surface area is 267 Å². The fourth-order valence-electron chi connectivity index (χ4n) is 4.67. The molecule has 4 aromatic rings. The van der Waals surface area contributed by atoms with Gasteiger partial charge in [0.05, 0.1) is 17.1 Å². The zero-order chi connectivity index (χ0) is 34.1. The summed E-state index contributed by atoms with van der Waals surface area (Å²) in [4.78, 5) is 35.0. The molecule has 1 atom stereocenters. The van der Waals surface area contributed by atoms with Crippen LogP contribution in [0.1, 0.15) is 22.8 Å². The molecule has 0 spiro atoms. The van der Waals surface area contributed by atoms with Gasteiger partial charge < -0.3 is 14.8 Å². The molecule has 17 heteroatoms. The number of aryl methyl sites for hydroxylation is 2. The molecule has 10 nitrogen and oxygen atoms in total. The largest absolute Gasteiger partial charge is 0.573 e. The number of benzene rings is 3. The number of rotatable bonds is 7. The summed E-state index contributed by atoms with van der Waals surface area (Å²) < 4.78 is 88.6. The number of anilines is 2. The molecule has 1 aromatic heterocycles. The van der Waals surface area contributed by atoms with Gasteiger partial charge in [0, 0.05) is 23.9 Å². The molecule has 1 saturated heterocycles. The van der Waals surface area contributed by atoms with Gasteiger partial charge in [0.2, 0.25) is 5.91 Å². The quantitative estimate of drug-likeness (QED) is 0.203.